The van der Waals surface area contributed by atoms with E-state index in [-0.39, 0.29) is 11.7 Å². The zero-order chi connectivity index (χ0) is 20.5. The lowest BCUT2D eigenvalue weighted by molar-refractivity contribution is 0.0954. The van der Waals surface area contributed by atoms with E-state index < -0.39 is 0 Å². The van der Waals surface area contributed by atoms with Gasteiger partial charge in [-0.3, -0.25) is 9.79 Å². The third-order valence-corrected chi connectivity index (χ3v) is 4.80. The van der Waals surface area contributed by atoms with Crippen molar-refractivity contribution in [3.63, 3.8) is 0 Å². The third-order valence-electron chi connectivity index (χ3n) is 4.80. The van der Waals surface area contributed by atoms with Gasteiger partial charge >= 0.3 is 0 Å². The molecule has 1 saturated heterocycles. The lowest BCUT2D eigenvalue weighted by atomic mass is 10.2. The van der Waals surface area contributed by atoms with Gasteiger partial charge in [-0.15, -0.1) is 0 Å². The van der Waals surface area contributed by atoms with E-state index in [4.69, 9.17) is 0 Å². The Bertz CT molecular complexity index is 802. The number of hydrogen-bond acceptors (Lipinski definition) is 3. The van der Waals surface area contributed by atoms with Crippen molar-refractivity contribution in [2.75, 3.05) is 50.7 Å². The Morgan fingerprint density at radius 2 is 1.69 bits per heavy atom. The van der Waals surface area contributed by atoms with E-state index in [0.717, 1.165) is 44.4 Å². The SMILES string of the molecule is CCNC(=NCCNC(=O)c1ccccc1)N1CCN(c2ccc(F)cc2)CC1. The first-order valence-electron chi connectivity index (χ1n) is 10.0. The molecule has 1 aliphatic heterocycles. The fourth-order valence-corrected chi connectivity index (χ4v) is 3.28. The van der Waals surface area contributed by atoms with Gasteiger partial charge in [0.25, 0.3) is 5.91 Å². The predicted molar refractivity (Wildman–Crippen MR) is 115 cm³/mol. The molecule has 2 N–H and O–H groups in total. The Morgan fingerprint density at radius 3 is 2.34 bits per heavy atom. The Kier molecular flexibility index (Phi) is 7.44. The normalized spacial score (nSPS) is 14.6. The van der Waals surface area contributed by atoms with Gasteiger partial charge in [0.1, 0.15) is 5.82 Å². The molecule has 2 aromatic rings. The van der Waals surface area contributed by atoms with Crippen LogP contribution in [0.4, 0.5) is 10.1 Å². The van der Waals surface area contributed by atoms with Crippen LogP contribution < -0.4 is 15.5 Å². The number of carbonyl (C=O) groups is 1. The number of anilines is 1. The molecule has 1 fully saturated rings. The monoisotopic (exact) mass is 397 g/mol. The molecule has 154 valence electrons. The molecule has 7 heteroatoms. The Balaban J connectivity index is 1.49. The van der Waals surface area contributed by atoms with Crippen molar-refractivity contribution in [1.29, 1.82) is 0 Å². The van der Waals surface area contributed by atoms with Gasteiger partial charge in [-0.05, 0) is 43.3 Å². The number of piperazine rings is 1. The van der Waals surface area contributed by atoms with E-state index in [2.05, 4.69) is 25.4 Å². The van der Waals surface area contributed by atoms with E-state index in [1.54, 1.807) is 12.1 Å². The van der Waals surface area contributed by atoms with Crippen LogP contribution in [-0.2, 0) is 0 Å². The maximum Gasteiger partial charge on any atom is 0.251 e. The summed E-state index contributed by atoms with van der Waals surface area (Å²) in [6, 6.07) is 15.8. The van der Waals surface area contributed by atoms with Crippen molar-refractivity contribution in [2.45, 2.75) is 6.92 Å². The van der Waals surface area contributed by atoms with Crippen molar-refractivity contribution in [3.05, 3.63) is 66.0 Å². The average Bonchev–Trinajstić information content (AvgIpc) is 2.77. The smallest absolute Gasteiger partial charge is 0.251 e. The van der Waals surface area contributed by atoms with Gasteiger partial charge < -0.3 is 20.4 Å². The highest BCUT2D eigenvalue weighted by Crippen LogP contribution is 2.16. The molecule has 0 radical (unpaired) electrons. The van der Waals surface area contributed by atoms with Crippen molar-refractivity contribution in [1.82, 2.24) is 15.5 Å². The molecule has 1 aliphatic rings. The molecule has 6 nitrogen and oxygen atoms in total. The topological polar surface area (TPSA) is 60.0 Å². The van der Waals surface area contributed by atoms with Crippen LogP contribution in [0.15, 0.2) is 59.6 Å². The first-order chi connectivity index (χ1) is 14.2. The number of benzene rings is 2. The first-order valence-corrected chi connectivity index (χ1v) is 10.0. The molecule has 1 heterocycles. The third kappa shape index (κ3) is 5.94. The van der Waals surface area contributed by atoms with Crippen molar-refractivity contribution < 1.29 is 9.18 Å². The Morgan fingerprint density at radius 1 is 1.00 bits per heavy atom. The van der Waals surface area contributed by atoms with Gasteiger partial charge in [-0.25, -0.2) is 4.39 Å². The lowest BCUT2D eigenvalue weighted by Gasteiger charge is -2.37. The molecule has 2 aromatic carbocycles. The second kappa shape index (κ2) is 10.5. The summed E-state index contributed by atoms with van der Waals surface area (Å²) < 4.78 is 13.1. The minimum atomic E-state index is -0.215. The highest BCUT2D eigenvalue weighted by atomic mass is 19.1. The summed E-state index contributed by atoms with van der Waals surface area (Å²) >= 11 is 0. The van der Waals surface area contributed by atoms with Crippen LogP contribution in [0.3, 0.4) is 0 Å². The maximum absolute atomic E-state index is 13.1. The maximum atomic E-state index is 13.1. The molecule has 3 rings (SSSR count). The summed E-state index contributed by atoms with van der Waals surface area (Å²) in [7, 11) is 0. The van der Waals surface area contributed by atoms with E-state index in [1.807, 2.05) is 37.3 Å². The summed E-state index contributed by atoms with van der Waals surface area (Å²) in [5.74, 6) is 0.562. The van der Waals surface area contributed by atoms with Crippen molar-refractivity contribution >= 4 is 17.6 Å². The molecule has 0 aromatic heterocycles. The van der Waals surface area contributed by atoms with Gasteiger partial charge in [0.05, 0.1) is 6.54 Å². The van der Waals surface area contributed by atoms with Gasteiger partial charge in [0.15, 0.2) is 5.96 Å². The zero-order valence-electron chi connectivity index (χ0n) is 16.8. The van der Waals surface area contributed by atoms with Crippen LogP contribution in [0.2, 0.25) is 0 Å². The summed E-state index contributed by atoms with van der Waals surface area (Å²) in [4.78, 5) is 21.2. The molecule has 0 saturated carbocycles. The fraction of sp³-hybridized carbons (Fsp3) is 0.364. The fourth-order valence-electron chi connectivity index (χ4n) is 3.28. The quantitative estimate of drug-likeness (QED) is 0.446. The molecule has 0 atom stereocenters. The van der Waals surface area contributed by atoms with E-state index in [9.17, 15) is 9.18 Å². The molecule has 1 amide bonds. The predicted octanol–water partition coefficient (Wildman–Crippen LogP) is 2.34. The number of rotatable bonds is 6. The van der Waals surface area contributed by atoms with E-state index in [1.165, 1.54) is 12.1 Å². The molecule has 29 heavy (non-hydrogen) atoms. The van der Waals surface area contributed by atoms with Crippen LogP contribution in [0.5, 0.6) is 0 Å². The molecular weight excluding hydrogens is 369 g/mol. The second-order valence-corrected chi connectivity index (χ2v) is 6.81. The van der Waals surface area contributed by atoms with E-state index in [0.29, 0.717) is 18.7 Å². The van der Waals surface area contributed by atoms with Gasteiger partial charge in [-0.1, -0.05) is 18.2 Å². The highest BCUT2D eigenvalue weighted by Gasteiger charge is 2.19. The van der Waals surface area contributed by atoms with Crippen LogP contribution in [0, 0.1) is 5.82 Å². The number of aliphatic imine (C=N–C) groups is 1. The average molecular weight is 397 g/mol. The van der Waals surface area contributed by atoms with Gasteiger partial charge in [0.2, 0.25) is 0 Å². The number of nitrogens with one attached hydrogen (secondary N) is 2. The number of amides is 1. The number of carbonyl (C=O) groups excluding carboxylic acids is 1. The molecular formula is C22H28FN5O. The minimum absolute atomic E-state index is 0.0845. The highest BCUT2D eigenvalue weighted by molar-refractivity contribution is 5.94. The Labute approximate surface area is 171 Å². The van der Waals surface area contributed by atoms with Crippen LogP contribution in [0.25, 0.3) is 0 Å². The van der Waals surface area contributed by atoms with Crippen molar-refractivity contribution in [2.24, 2.45) is 4.99 Å². The van der Waals surface area contributed by atoms with E-state index >= 15 is 0 Å². The van der Waals surface area contributed by atoms with Gasteiger partial charge in [0, 0.05) is 50.5 Å². The molecule has 0 bridgehead atoms. The summed E-state index contributed by atoms with van der Waals surface area (Å²) in [6.07, 6.45) is 0. The standard InChI is InChI=1S/C22H28FN5O/c1-2-24-22(26-13-12-25-21(29)18-6-4-3-5-7-18)28-16-14-27(15-17-28)20-10-8-19(23)9-11-20/h3-11H,2,12-17H2,1H3,(H,24,26)(H,25,29). The van der Waals surface area contributed by atoms with Crippen LogP contribution in [-0.4, -0.2) is 62.6 Å². The largest absolute Gasteiger partial charge is 0.368 e. The van der Waals surface area contributed by atoms with Crippen LogP contribution >= 0.6 is 0 Å². The number of halogens is 1. The Hall–Kier alpha value is -3.09. The summed E-state index contributed by atoms with van der Waals surface area (Å²) in [6.45, 7) is 7.19. The second-order valence-electron chi connectivity index (χ2n) is 6.81. The first kappa shape index (κ1) is 20.6. The number of hydrogen-bond donors (Lipinski definition) is 2. The van der Waals surface area contributed by atoms with Crippen molar-refractivity contribution in [3.8, 4) is 0 Å². The minimum Gasteiger partial charge on any atom is -0.368 e. The summed E-state index contributed by atoms with van der Waals surface area (Å²) in [5, 5.41) is 6.23. The number of nitrogens with zero attached hydrogens (tertiary/aromatic N) is 3. The number of guanidine groups is 1. The molecule has 0 unspecified atom stereocenters. The zero-order valence-corrected chi connectivity index (χ0v) is 16.8. The molecule has 0 aliphatic carbocycles. The van der Waals surface area contributed by atoms with Crippen LogP contribution in [0.1, 0.15) is 17.3 Å². The lowest BCUT2D eigenvalue weighted by Crippen LogP contribution is -2.52. The molecule has 0 spiro atoms. The summed E-state index contributed by atoms with van der Waals surface area (Å²) in [5.41, 5.74) is 1.69. The van der Waals surface area contributed by atoms with Gasteiger partial charge in [-0.2, -0.15) is 0 Å².